The van der Waals surface area contributed by atoms with Gasteiger partial charge in [-0.2, -0.15) is 5.10 Å². The maximum Gasteiger partial charge on any atom is 0.164 e. The second kappa shape index (κ2) is 4.86. The van der Waals surface area contributed by atoms with Gasteiger partial charge in [-0.3, -0.25) is 4.68 Å². The van der Waals surface area contributed by atoms with Gasteiger partial charge in [0.2, 0.25) is 0 Å². The van der Waals surface area contributed by atoms with Crippen LogP contribution in [0.15, 0.2) is 24.4 Å². The van der Waals surface area contributed by atoms with Gasteiger partial charge < -0.3 is 5.32 Å². The lowest BCUT2D eigenvalue weighted by Gasteiger charge is -2.18. The Morgan fingerprint density at radius 2 is 1.94 bits per heavy atom. The predicted octanol–water partition coefficient (Wildman–Crippen LogP) is 2.32. The molecule has 0 aliphatic rings. The van der Waals surface area contributed by atoms with E-state index in [2.05, 4.69) is 10.4 Å². The van der Waals surface area contributed by atoms with E-state index in [1.807, 2.05) is 0 Å². The molecule has 0 bridgehead atoms. The zero-order valence-electron chi connectivity index (χ0n) is 10.5. The highest BCUT2D eigenvalue weighted by atomic mass is 19.2. The quantitative estimate of drug-likeness (QED) is 0.907. The first-order valence-corrected chi connectivity index (χ1v) is 5.66. The van der Waals surface area contributed by atoms with Crippen LogP contribution in [0.2, 0.25) is 0 Å². The monoisotopic (exact) mass is 251 g/mol. The summed E-state index contributed by atoms with van der Waals surface area (Å²) >= 11 is 0. The van der Waals surface area contributed by atoms with Crippen molar-refractivity contribution in [3.63, 3.8) is 0 Å². The Morgan fingerprint density at radius 1 is 1.22 bits per heavy atom. The van der Waals surface area contributed by atoms with E-state index in [9.17, 15) is 8.78 Å². The molecule has 3 nitrogen and oxygen atoms in total. The van der Waals surface area contributed by atoms with Crippen LogP contribution in [0.1, 0.15) is 22.9 Å². The molecular weight excluding hydrogens is 236 g/mol. The number of rotatable bonds is 3. The van der Waals surface area contributed by atoms with Gasteiger partial charge in [-0.05, 0) is 25.6 Å². The van der Waals surface area contributed by atoms with E-state index < -0.39 is 17.7 Å². The van der Waals surface area contributed by atoms with Crippen LogP contribution in [0, 0.1) is 18.6 Å². The third kappa shape index (κ3) is 2.01. The first-order valence-electron chi connectivity index (χ1n) is 5.66. The maximum atomic E-state index is 14.0. The van der Waals surface area contributed by atoms with E-state index in [1.165, 1.54) is 0 Å². The van der Waals surface area contributed by atoms with Crippen LogP contribution in [-0.4, -0.2) is 16.8 Å². The summed E-state index contributed by atoms with van der Waals surface area (Å²) in [5, 5.41) is 7.02. The predicted molar refractivity (Wildman–Crippen MR) is 65.2 cm³/mol. The molecule has 0 saturated heterocycles. The molecule has 2 aromatic rings. The highest BCUT2D eigenvalue weighted by molar-refractivity contribution is 5.32. The number of hydrogen-bond donors (Lipinski definition) is 1. The SMILES string of the molecule is CNC(c1ccc(C)c(F)c1F)c1ccnn1C. The molecule has 0 aliphatic heterocycles. The van der Waals surface area contributed by atoms with Gasteiger partial charge in [0, 0.05) is 18.8 Å². The zero-order chi connectivity index (χ0) is 13.3. The van der Waals surface area contributed by atoms with Crippen LogP contribution in [-0.2, 0) is 7.05 Å². The van der Waals surface area contributed by atoms with Crippen molar-refractivity contribution in [1.82, 2.24) is 15.1 Å². The Balaban J connectivity index is 2.53. The molecule has 0 aliphatic carbocycles. The van der Waals surface area contributed by atoms with Crippen LogP contribution in [0.4, 0.5) is 8.78 Å². The van der Waals surface area contributed by atoms with Gasteiger partial charge in [-0.15, -0.1) is 0 Å². The Hall–Kier alpha value is -1.75. The molecule has 1 aromatic carbocycles. The first-order chi connectivity index (χ1) is 8.56. The summed E-state index contributed by atoms with van der Waals surface area (Å²) in [5.74, 6) is -1.61. The number of hydrogen-bond acceptors (Lipinski definition) is 2. The highest BCUT2D eigenvalue weighted by Gasteiger charge is 2.21. The van der Waals surface area contributed by atoms with Crippen LogP contribution in [0.3, 0.4) is 0 Å². The number of halogens is 2. The third-order valence-electron chi connectivity index (χ3n) is 3.06. The van der Waals surface area contributed by atoms with Gasteiger partial charge in [0.1, 0.15) is 0 Å². The smallest absolute Gasteiger partial charge is 0.164 e. The van der Waals surface area contributed by atoms with Gasteiger partial charge in [-0.1, -0.05) is 12.1 Å². The van der Waals surface area contributed by atoms with Crippen molar-refractivity contribution < 1.29 is 8.78 Å². The maximum absolute atomic E-state index is 14.0. The molecule has 1 N–H and O–H groups in total. The van der Waals surface area contributed by atoms with Crippen LogP contribution in [0.25, 0.3) is 0 Å². The lowest BCUT2D eigenvalue weighted by atomic mass is 10.0. The molecule has 5 heteroatoms. The average Bonchev–Trinajstić information content (AvgIpc) is 2.77. The van der Waals surface area contributed by atoms with E-state index in [1.54, 1.807) is 50.1 Å². The molecular formula is C13H15F2N3. The Morgan fingerprint density at radius 3 is 2.50 bits per heavy atom. The van der Waals surface area contributed by atoms with Crippen molar-refractivity contribution >= 4 is 0 Å². The number of aryl methyl sites for hydroxylation is 2. The second-order valence-electron chi connectivity index (χ2n) is 4.20. The van der Waals surface area contributed by atoms with Crippen molar-refractivity contribution in [3.05, 3.63) is 52.9 Å². The van der Waals surface area contributed by atoms with E-state index >= 15 is 0 Å². The molecule has 0 fully saturated rings. The van der Waals surface area contributed by atoms with E-state index in [-0.39, 0.29) is 5.56 Å². The summed E-state index contributed by atoms with van der Waals surface area (Å²) in [6.45, 7) is 1.54. The molecule has 1 aromatic heterocycles. The minimum absolute atomic E-state index is 0.282. The standard InChI is InChI=1S/C13H15F2N3/c1-8-4-5-9(12(15)11(8)14)13(16-2)10-6-7-17-18(10)3/h4-7,13,16H,1-3H3. The minimum Gasteiger partial charge on any atom is -0.308 e. The summed E-state index contributed by atoms with van der Waals surface area (Å²) in [6, 6.07) is 4.53. The number of nitrogens with one attached hydrogen (secondary N) is 1. The molecule has 1 heterocycles. The molecule has 0 spiro atoms. The zero-order valence-corrected chi connectivity index (χ0v) is 10.5. The molecule has 0 amide bonds. The van der Waals surface area contributed by atoms with Gasteiger partial charge in [0.25, 0.3) is 0 Å². The third-order valence-corrected chi connectivity index (χ3v) is 3.06. The summed E-state index contributed by atoms with van der Waals surface area (Å²) in [4.78, 5) is 0. The molecule has 2 rings (SSSR count). The summed E-state index contributed by atoms with van der Waals surface area (Å²) in [6.07, 6.45) is 1.63. The van der Waals surface area contributed by atoms with E-state index in [0.29, 0.717) is 5.56 Å². The fourth-order valence-corrected chi connectivity index (χ4v) is 2.01. The summed E-state index contributed by atoms with van der Waals surface area (Å²) in [7, 11) is 3.47. The fraction of sp³-hybridized carbons (Fsp3) is 0.308. The molecule has 1 unspecified atom stereocenters. The summed E-state index contributed by atoms with van der Waals surface area (Å²) < 4.78 is 29.2. The normalized spacial score (nSPS) is 12.7. The first kappa shape index (κ1) is 12.7. The second-order valence-corrected chi connectivity index (χ2v) is 4.20. The topological polar surface area (TPSA) is 29.9 Å². The molecule has 0 saturated carbocycles. The van der Waals surface area contributed by atoms with Gasteiger partial charge in [-0.25, -0.2) is 8.78 Å². The number of benzene rings is 1. The number of nitrogens with zero attached hydrogens (tertiary/aromatic N) is 2. The highest BCUT2D eigenvalue weighted by Crippen LogP contribution is 2.26. The molecule has 18 heavy (non-hydrogen) atoms. The lowest BCUT2D eigenvalue weighted by molar-refractivity contribution is 0.477. The van der Waals surface area contributed by atoms with Crippen LogP contribution >= 0.6 is 0 Å². The largest absolute Gasteiger partial charge is 0.308 e. The average molecular weight is 251 g/mol. The van der Waals surface area contributed by atoms with Crippen LogP contribution in [0.5, 0.6) is 0 Å². The van der Waals surface area contributed by atoms with Gasteiger partial charge in [0.15, 0.2) is 11.6 Å². The van der Waals surface area contributed by atoms with Crippen molar-refractivity contribution in [2.75, 3.05) is 7.05 Å². The van der Waals surface area contributed by atoms with Crippen LogP contribution < -0.4 is 5.32 Å². The van der Waals surface area contributed by atoms with Gasteiger partial charge >= 0.3 is 0 Å². The Labute approximate surface area is 104 Å². The minimum atomic E-state index is -0.810. The van der Waals surface area contributed by atoms with Crippen molar-refractivity contribution in [2.24, 2.45) is 7.05 Å². The summed E-state index contributed by atoms with van der Waals surface area (Å²) in [5.41, 5.74) is 1.36. The van der Waals surface area contributed by atoms with Crippen molar-refractivity contribution in [3.8, 4) is 0 Å². The Kier molecular flexibility index (Phi) is 3.43. The van der Waals surface area contributed by atoms with E-state index in [0.717, 1.165) is 5.69 Å². The molecule has 0 radical (unpaired) electrons. The van der Waals surface area contributed by atoms with Crippen molar-refractivity contribution in [2.45, 2.75) is 13.0 Å². The van der Waals surface area contributed by atoms with Crippen molar-refractivity contribution in [1.29, 1.82) is 0 Å². The van der Waals surface area contributed by atoms with Gasteiger partial charge in [0.05, 0.1) is 11.7 Å². The Bertz CT molecular complexity index is 563. The lowest BCUT2D eigenvalue weighted by Crippen LogP contribution is -2.22. The molecule has 96 valence electrons. The molecule has 1 atom stereocenters. The fourth-order valence-electron chi connectivity index (χ4n) is 2.01. The van der Waals surface area contributed by atoms with E-state index in [4.69, 9.17) is 0 Å². The number of aromatic nitrogens is 2.